The van der Waals surface area contributed by atoms with Gasteiger partial charge in [0.1, 0.15) is 0 Å². The first-order valence-corrected chi connectivity index (χ1v) is 15.3. The number of aromatic nitrogens is 3. The molecule has 216 valence electrons. The van der Waals surface area contributed by atoms with E-state index in [2.05, 4.69) is 24.8 Å². The molecule has 0 aliphatic carbocycles. The van der Waals surface area contributed by atoms with Gasteiger partial charge in [-0.2, -0.15) is 0 Å². The number of nitrogens with one attached hydrogen (secondary N) is 1. The van der Waals surface area contributed by atoms with Crippen LogP contribution in [0.3, 0.4) is 0 Å². The average Bonchev–Trinajstić information content (AvgIpc) is 2.89. The van der Waals surface area contributed by atoms with Gasteiger partial charge in [0.25, 0.3) is 0 Å². The van der Waals surface area contributed by atoms with Gasteiger partial charge in [-0.3, -0.25) is 0 Å². The van der Waals surface area contributed by atoms with Gasteiger partial charge in [-0.15, -0.1) is 0 Å². The standard InChI is InChI=1S/C24H27FIN5O8P/c1-24(2)22(32)31(12-39-40(33,34)35)21-16(26-24)7-6-13(28-21)8-17-15(25)11-27-23(30-17)29-14-9-18(36-3)20(38-5)19(10-14)37-4/h6-7,9-11H,8,12H2,1-5H3,(H,27,29,30)(H2,33,34,35)/q-1. The topological polar surface area (TPSA) is 165 Å². The van der Waals surface area contributed by atoms with Crippen LogP contribution in [0.4, 0.5) is 21.8 Å². The quantitative estimate of drug-likeness (QED) is 0.146. The minimum absolute atomic E-state index is 0.0348. The number of amides is 1. The number of phosphoric acid groups is 1. The molecular formula is C24H27FIN5O8P-. The maximum atomic E-state index is 14.8. The minimum Gasteiger partial charge on any atom is -0.493 e. The van der Waals surface area contributed by atoms with Crippen LogP contribution >= 0.6 is 7.82 Å². The Kier molecular flexibility index (Phi) is 8.80. The van der Waals surface area contributed by atoms with Crippen LogP contribution in [0.2, 0.25) is 0 Å². The summed E-state index contributed by atoms with van der Waals surface area (Å²) in [5.74, 6) is 0.503. The van der Waals surface area contributed by atoms with Gasteiger partial charge in [0.2, 0.25) is 5.75 Å². The van der Waals surface area contributed by atoms with Crippen molar-refractivity contribution >= 4 is 31.2 Å². The van der Waals surface area contributed by atoms with E-state index in [4.69, 9.17) is 24.0 Å². The van der Waals surface area contributed by atoms with Crippen LogP contribution in [0.1, 0.15) is 25.2 Å². The number of rotatable bonds is 10. The number of pyridine rings is 1. The van der Waals surface area contributed by atoms with Crippen molar-refractivity contribution in [2.24, 2.45) is 0 Å². The zero-order valence-electron chi connectivity index (χ0n) is 22.1. The molecule has 3 N–H and O–H groups in total. The van der Waals surface area contributed by atoms with Gasteiger partial charge in [0.15, 0.2) is 0 Å². The van der Waals surface area contributed by atoms with Gasteiger partial charge in [0, 0.05) is 0 Å². The molecule has 2 aromatic heterocycles. The Morgan fingerprint density at radius 2 is 1.77 bits per heavy atom. The number of ether oxygens (including phenoxy) is 3. The summed E-state index contributed by atoms with van der Waals surface area (Å²) >= 11 is -0.828. The second kappa shape index (κ2) is 11.8. The molecule has 13 nitrogen and oxygen atoms in total. The van der Waals surface area contributed by atoms with Crippen molar-refractivity contribution in [3.05, 3.63) is 51.2 Å². The number of hydrogen-bond donors (Lipinski definition) is 3. The van der Waals surface area contributed by atoms with Gasteiger partial charge in [0.05, 0.1) is 21.3 Å². The third-order valence-corrected chi connectivity index (χ3v) is 9.36. The fourth-order valence-electron chi connectivity index (χ4n) is 3.84. The Hall–Kier alpha value is -3.11. The molecule has 3 aromatic rings. The van der Waals surface area contributed by atoms with Gasteiger partial charge < -0.3 is 14.2 Å². The average molecular weight is 690 g/mol. The number of alkyl halides is 1. The zero-order chi connectivity index (χ0) is 29.2. The summed E-state index contributed by atoms with van der Waals surface area (Å²) in [6.45, 7) is 2.86. The molecule has 3 heterocycles. The van der Waals surface area contributed by atoms with Crippen molar-refractivity contribution in [3.63, 3.8) is 0 Å². The van der Waals surface area contributed by atoms with Gasteiger partial charge in [-0.1, -0.05) is 0 Å². The molecule has 0 unspecified atom stereocenters. The van der Waals surface area contributed by atoms with Crippen LogP contribution in [0.5, 0.6) is 17.2 Å². The van der Waals surface area contributed by atoms with Crippen molar-refractivity contribution in [3.8, 4) is 17.2 Å². The Balaban J connectivity index is 1.62. The van der Waals surface area contributed by atoms with E-state index in [-0.39, 0.29) is 29.8 Å². The second-order valence-corrected chi connectivity index (χ2v) is 14.5. The van der Waals surface area contributed by atoms with E-state index in [1.807, 2.05) is 0 Å². The molecule has 0 saturated carbocycles. The fraction of sp³-hybridized carbons (Fsp3) is 0.333. The molecule has 0 atom stereocenters. The van der Waals surface area contributed by atoms with E-state index in [1.54, 1.807) is 38.1 Å². The van der Waals surface area contributed by atoms with Crippen molar-refractivity contribution in [2.75, 3.05) is 38.3 Å². The van der Waals surface area contributed by atoms with Gasteiger partial charge >= 0.3 is 199 Å². The normalized spacial score (nSPS) is 14.7. The Labute approximate surface area is 239 Å². The Morgan fingerprint density at radius 3 is 2.38 bits per heavy atom. The number of fused-ring (bicyclic) bond motifs is 1. The van der Waals surface area contributed by atoms with Crippen LogP contribution in [0.15, 0.2) is 30.5 Å². The van der Waals surface area contributed by atoms with Crippen LogP contribution in [-0.2, 0) is 20.3 Å². The molecule has 0 bridgehead atoms. The zero-order valence-corrected chi connectivity index (χ0v) is 25.2. The third kappa shape index (κ3) is 6.61. The number of halogens is 2. The van der Waals surface area contributed by atoms with E-state index in [9.17, 15) is 13.8 Å². The summed E-state index contributed by atoms with van der Waals surface area (Å²) < 4.78 is 46.8. The SMILES string of the molecule is COc1cc(Nc2ncc(F)c(Cc3ccc4c(n3)N(COP(=O)(O)O)C(=O)C(C)(C)[I-]4)n2)cc(OC)c1OC. The van der Waals surface area contributed by atoms with Crippen molar-refractivity contribution in [1.29, 1.82) is 0 Å². The summed E-state index contributed by atoms with van der Waals surface area (Å²) in [5.41, 5.74) is 0.921. The molecule has 1 amide bonds. The summed E-state index contributed by atoms with van der Waals surface area (Å²) in [6, 6.07) is 6.79. The van der Waals surface area contributed by atoms with E-state index < -0.39 is 45.0 Å². The first-order valence-electron chi connectivity index (χ1n) is 11.6. The number of methoxy groups -OCH3 is 3. The molecule has 40 heavy (non-hydrogen) atoms. The number of benzene rings is 1. The van der Waals surface area contributed by atoms with E-state index in [0.29, 0.717) is 28.6 Å². The Bertz CT molecular complexity index is 1460. The van der Waals surface area contributed by atoms with Crippen LogP contribution in [0.25, 0.3) is 0 Å². The fourth-order valence-corrected chi connectivity index (χ4v) is 7.09. The first-order chi connectivity index (χ1) is 18.8. The van der Waals surface area contributed by atoms with Crippen LogP contribution in [0, 0.1) is 9.39 Å². The number of carbonyl (C=O) groups is 1. The molecule has 0 saturated heterocycles. The van der Waals surface area contributed by atoms with Gasteiger partial charge in [-0.05, 0) is 0 Å². The number of hydrogen-bond acceptors (Lipinski definition) is 10. The van der Waals surface area contributed by atoms with Crippen molar-refractivity contribution in [2.45, 2.75) is 23.7 Å². The molecular weight excluding hydrogens is 663 g/mol. The van der Waals surface area contributed by atoms with Crippen LogP contribution < -0.4 is 45.6 Å². The predicted molar refractivity (Wildman–Crippen MR) is 137 cm³/mol. The van der Waals surface area contributed by atoms with Crippen molar-refractivity contribution in [1.82, 2.24) is 15.0 Å². The van der Waals surface area contributed by atoms with E-state index in [0.717, 1.165) is 14.7 Å². The smallest absolute Gasteiger partial charge is 0.493 e. The van der Waals surface area contributed by atoms with Crippen LogP contribution in [-0.4, -0.2) is 62.1 Å². The molecule has 16 heteroatoms. The molecule has 4 rings (SSSR count). The third-order valence-electron chi connectivity index (χ3n) is 5.67. The monoisotopic (exact) mass is 690 g/mol. The Morgan fingerprint density at radius 1 is 1.10 bits per heavy atom. The number of carbonyl (C=O) groups excluding carboxylic acids is 1. The molecule has 1 aliphatic rings. The van der Waals surface area contributed by atoms with E-state index in [1.165, 1.54) is 21.3 Å². The molecule has 0 radical (unpaired) electrons. The molecule has 0 spiro atoms. The molecule has 1 aliphatic heterocycles. The van der Waals surface area contributed by atoms with Crippen molar-refractivity contribution < 1.29 is 63.5 Å². The summed E-state index contributed by atoms with van der Waals surface area (Å²) in [5, 5.41) is 3.00. The maximum absolute atomic E-state index is 14.8. The van der Waals surface area contributed by atoms with Gasteiger partial charge in [-0.25, -0.2) is 0 Å². The summed E-state index contributed by atoms with van der Waals surface area (Å²) in [6.07, 6.45) is 0.980. The number of nitrogens with zero attached hydrogens (tertiary/aromatic N) is 4. The number of anilines is 3. The second-order valence-electron chi connectivity index (χ2n) is 8.86. The summed E-state index contributed by atoms with van der Waals surface area (Å²) in [4.78, 5) is 45.4. The summed E-state index contributed by atoms with van der Waals surface area (Å²) in [7, 11) is -0.396. The minimum atomic E-state index is -4.84. The molecule has 0 fully saturated rings. The molecule has 1 aromatic carbocycles. The number of phosphoric ester groups is 1. The first kappa shape index (κ1) is 29.9. The van der Waals surface area contributed by atoms with E-state index >= 15 is 0 Å². The predicted octanol–water partition coefficient (Wildman–Crippen LogP) is -0.178.